The molecule has 1 heterocycles. The number of halogens is 3. The van der Waals surface area contributed by atoms with E-state index < -0.39 is 11.7 Å². The van der Waals surface area contributed by atoms with Gasteiger partial charge in [0.25, 0.3) is 0 Å². The number of hydrogen-bond acceptors (Lipinski definition) is 4. The summed E-state index contributed by atoms with van der Waals surface area (Å²) in [5.74, 6) is 1.27. The molecule has 1 fully saturated rings. The third-order valence-corrected chi connectivity index (χ3v) is 4.27. The second-order valence-electron chi connectivity index (χ2n) is 5.22. The minimum atomic E-state index is -4.34. The topological polar surface area (TPSA) is 29.0 Å². The van der Waals surface area contributed by atoms with Crippen molar-refractivity contribution in [3.05, 3.63) is 41.2 Å². The first-order valence-electron chi connectivity index (χ1n) is 6.65. The number of hydrogen-bond donors (Lipinski definition) is 0. The lowest BCUT2D eigenvalue weighted by molar-refractivity contribution is -0.138. The first-order valence-corrected chi connectivity index (χ1v) is 7.42. The Morgan fingerprint density at radius 3 is 2.67 bits per heavy atom. The van der Waals surface area contributed by atoms with Gasteiger partial charge in [-0.2, -0.15) is 17.5 Å². The summed E-state index contributed by atoms with van der Waals surface area (Å²) in [6.07, 6.45) is -2.12. The Hall–Kier alpha value is -1.63. The highest BCUT2D eigenvalue weighted by Gasteiger charge is 2.33. The Morgan fingerprint density at radius 1 is 1.29 bits per heavy atom. The fourth-order valence-electron chi connectivity index (χ4n) is 2.15. The lowest BCUT2D eigenvalue weighted by atomic mass is 10.1. The molecule has 3 nitrogen and oxygen atoms in total. The van der Waals surface area contributed by atoms with Crippen molar-refractivity contribution in [3.8, 4) is 0 Å². The van der Waals surface area contributed by atoms with Crippen LogP contribution in [0.25, 0.3) is 0 Å². The molecule has 1 aliphatic carbocycles. The molecule has 0 bridgehead atoms. The third-order valence-electron chi connectivity index (χ3n) is 3.43. The van der Waals surface area contributed by atoms with E-state index >= 15 is 0 Å². The monoisotopic (exact) mass is 313 g/mol. The molecule has 1 aromatic carbocycles. The molecular weight excluding hydrogens is 299 g/mol. The number of rotatable bonds is 4. The molecule has 3 rings (SSSR count). The molecule has 112 valence electrons. The molecular formula is C14H14F3N3S. The number of anilines is 1. The van der Waals surface area contributed by atoms with Crippen LogP contribution in [0.5, 0.6) is 0 Å². The van der Waals surface area contributed by atoms with Gasteiger partial charge in [0.15, 0.2) is 0 Å². The molecule has 0 atom stereocenters. The number of aromatic nitrogens is 2. The van der Waals surface area contributed by atoms with Gasteiger partial charge in [-0.05, 0) is 24.5 Å². The molecule has 21 heavy (non-hydrogen) atoms. The van der Waals surface area contributed by atoms with Crippen molar-refractivity contribution in [2.45, 2.75) is 31.5 Å². The standard InChI is InChI=1S/C14H14F3N3S/c1-20(13-18-12(19-21-13)9-6-7-9)8-10-4-2-3-5-11(10)14(15,16)17/h2-5,9H,6-8H2,1H3. The smallest absolute Gasteiger partial charge is 0.346 e. The van der Waals surface area contributed by atoms with Crippen LogP contribution >= 0.6 is 11.5 Å². The van der Waals surface area contributed by atoms with Gasteiger partial charge < -0.3 is 4.90 Å². The highest BCUT2D eigenvalue weighted by Crippen LogP contribution is 2.40. The first kappa shape index (κ1) is 14.3. The maximum absolute atomic E-state index is 13.0. The third kappa shape index (κ3) is 3.18. The molecule has 0 saturated heterocycles. The van der Waals surface area contributed by atoms with E-state index in [2.05, 4.69) is 9.36 Å². The lowest BCUT2D eigenvalue weighted by Gasteiger charge is -2.18. The van der Waals surface area contributed by atoms with Gasteiger partial charge in [0.2, 0.25) is 5.13 Å². The largest absolute Gasteiger partial charge is 0.416 e. The van der Waals surface area contributed by atoms with E-state index in [1.165, 1.54) is 23.7 Å². The van der Waals surface area contributed by atoms with E-state index in [0.29, 0.717) is 11.0 Å². The lowest BCUT2D eigenvalue weighted by Crippen LogP contribution is -2.19. The summed E-state index contributed by atoms with van der Waals surface area (Å²) >= 11 is 1.24. The summed E-state index contributed by atoms with van der Waals surface area (Å²) in [7, 11) is 1.74. The maximum Gasteiger partial charge on any atom is 0.416 e. The number of nitrogens with zero attached hydrogens (tertiary/aromatic N) is 3. The fourth-order valence-corrected chi connectivity index (χ4v) is 2.85. The van der Waals surface area contributed by atoms with Crippen LogP contribution in [0.2, 0.25) is 0 Å². The fraction of sp³-hybridized carbons (Fsp3) is 0.429. The van der Waals surface area contributed by atoms with Crippen molar-refractivity contribution in [2.24, 2.45) is 0 Å². The van der Waals surface area contributed by atoms with Gasteiger partial charge >= 0.3 is 6.18 Å². The van der Waals surface area contributed by atoms with Gasteiger partial charge in [0.1, 0.15) is 5.82 Å². The maximum atomic E-state index is 13.0. The molecule has 0 radical (unpaired) electrons. The van der Waals surface area contributed by atoms with Crippen LogP contribution in [0.1, 0.15) is 35.7 Å². The Balaban J connectivity index is 1.79. The van der Waals surface area contributed by atoms with Crippen molar-refractivity contribution in [2.75, 3.05) is 11.9 Å². The average molecular weight is 313 g/mol. The van der Waals surface area contributed by atoms with Crippen molar-refractivity contribution >= 4 is 16.7 Å². The van der Waals surface area contributed by atoms with Crippen LogP contribution in [-0.4, -0.2) is 16.4 Å². The Kier molecular flexibility index (Phi) is 3.61. The Bertz CT molecular complexity index is 634. The molecule has 0 spiro atoms. The number of alkyl halides is 3. The normalized spacial score (nSPS) is 15.2. The average Bonchev–Trinajstić information content (AvgIpc) is 3.15. The Morgan fingerprint density at radius 2 is 2.00 bits per heavy atom. The molecule has 0 unspecified atom stereocenters. The minimum Gasteiger partial charge on any atom is -0.346 e. The quantitative estimate of drug-likeness (QED) is 0.852. The van der Waals surface area contributed by atoms with E-state index in [9.17, 15) is 13.2 Å². The molecule has 2 aromatic rings. The van der Waals surface area contributed by atoms with Crippen molar-refractivity contribution in [1.29, 1.82) is 0 Å². The van der Waals surface area contributed by atoms with Gasteiger partial charge in [0.05, 0.1) is 5.56 Å². The van der Waals surface area contributed by atoms with E-state index in [1.54, 1.807) is 18.0 Å². The molecule has 1 aromatic heterocycles. The zero-order valence-electron chi connectivity index (χ0n) is 11.4. The predicted molar refractivity (Wildman–Crippen MR) is 75.4 cm³/mol. The summed E-state index contributed by atoms with van der Waals surface area (Å²) in [5, 5.41) is 0.661. The van der Waals surface area contributed by atoms with Crippen LogP contribution in [0.3, 0.4) is 0 Å². The molecule has 1 aliphatic rings. The minimum absolute atomic E-state index is 0.162. The predicted octanol–water partition coefficient (Wildman–Crippen LogP) is 4.07. The number of benzene rings is 1. The zero-order valence-corrected chi connectivity index (χ0v) is 12.2. The van der Waals surface area contributed by atoms with Crippen LogP contribution < -0.4 is 4.90 Å². The van der Waals surface area contributed by atoms with Crippen LogP contribution in [0.15, 0.2) is 24.3 Å². The van der Waals surface area contributed by atoms with Crippen LogP contribution in [0.4, 0.5) is 18.3 Å². The second-order valence-corrected chi connectivity index (χ2v) is 5.95. The van der Waals surface area contributed by atoms with Gasteiger partial charge in [0, 0.05) is 31.0 Å². The highest BCUT2D eigenvalue weighted by molar-refractivity contribution is 7.09. The zero-order chi connectivity index (χ0) is 15.0. The van der Waals surface area contributed by atoms with Gasteiger partial charge in [-0.25, -0.2) is 4.98 Å². The van der Waals surface area contributed by atoms with E-state index in [0.717, 1.165) is 24.7 Å². The van der Waals surface area contributed by atoms with Gasteiger partial charge in [-0.1, -0.05) is 18.2 Å². The van der Waals surface area contributed by atoms with Crippen molar-refractivity contribution in [1.82, 2.24) is 9.36 Å². The van der Waals surface area contributed by atoms with E-state index in [4.69, 9.17) is 0 Å². The van der Waals surface area contributed by atoms with Gasteiger partial charge in [-0.15, -0.1) is 0 Å². The molecule has 0 aliphatic heterocycles. The summed E-state index contributed by atoms with van der Waals surface area (Å²) in [6.45, 7) is 0.162. The highest BCUT2D eigenvalue weighted by atomic mass is 32.1. The van der Waals surface area contributed by atoms with Crippen molar-refractivity contribution < 1.29 is 13.2 Å². The van der Waals surface area contributed by atoms with E-state index in [-0.39, 0.29) is 12.1 Å². The first-order chi connectivity index (χ1) is 9.95. The SMILES string of the molecule is CN(Cc1ccccc1C(F)(F)F)c1nc(C2CC2)ns1. The van der Waals surface area contributed by atoms with Crippen LogP contribution in [-0.2, 0) is 12.7 Å². The van der Waals surface area contributed by atoms with E-state index in [1.807, 2.05) is 0 Å². The molecule has 1 saturated carbocycles. The summed E-state index contributed by atoms with van der Waals surface area (Å²) in [6, 6.07) is 5.64. The Labute approximate surface area is 124 Å². The molecule has 0 N–H and O–H groups in total. The second kappa shape index (κ2) is 5.29. The van der Waals surface area contributed by atoms with Crippen LogP contribution in [0, 0.1) is 0 Å². The summed E-state index contributed by atoms with van der Waals surface area (Å²) in [5.41, 5.74) is -0.348. The summed E-state index contributed by atoms with van der Waals surface area (Å²) in [4.78, 5) is 6.13. The molecule has 7 heteroatoms. The summed E-state index contributed by atoms with van der Waals surface area (Å²) < 4.78 is 43.2. The van der Waals surface area contributed by atoms with Crippen molar-refractivity contribution in [3.63, 3.8) is 0 Å². The molecule has 0 amide bonds. The van der Waals surface area contributed by atoms with Gasteiger partial charge in [-0.3, -0.25) is 0 Å².